The summed E-state index contributed by atoms with van der Waals surface area (Å²) in [6, 6.07) is 14.0. The Labute approximate surface area is 206 Å². The number of piperidine rings is 1. The number of para-hydroxylation sites is 1. The van der Waals surface area contributed by atoms with Crippen molar-refractivity contribution in [1.82, 2.24) is 4.90 Å². The average Bonchev–Trinajstić information content (AvgIpc) is 3.14. The second kappa shape index (κ2) is 11.0. The number of benzene rings is 2. The highest BCUT2D eigenvalue weighted by Gasteiger charge is 2.32. The number of aliphatic imine (C=N–C) groups is 1. The minimum absolute atomic E-state index is 0.0162. The summed E-state index contributed by atoms with van der Waals surface area (Å²) in [5, 5.41) is 0.693. The summed E-state index contributed by atoms with van der Waals surface area (Å²) in [6.45, 7) is 8.69. The molecule has 2 heterocycles. The summed E-state index contributed by atoms with van der Waals surface area (Å²) in [5.41, 5.74) is 2.90. The molecule has 34 heavy (non-hydrogen) atoms. The van der Waals surface area contributed by atoms with E-state index in [0.717, 1.165) is 24.3 Å². The van der Waals surface area contributed by atoms with Gasteiger partial charge in [-0.15, -0.1) is 0 Å². The molecule has 0 saturated carbocycles. The summed E-state index contributed by atoms with van der Waals surface area (Å²) >= 11 is 1.40. The highest BCUT2D eigenvalue weighted by atomic mass is 32.2. The molecule has 0 spiro atoms. The van der Waals surface area contributed by atoms with Gasteiger partial charge in [0, 0.05) is 30.9 Å². The molecule has 2 fully saturated rings. The number of amidine groups is 1. The van der Waals surface area contributed by atoms with Crippen molar-refractivity contribution >= 4 is 40.3 Å². The van der Waals surface area contributed by atoms with Crippen molar-refractivity contribution in [3.05, 3.63) is 52.9 Å². The van der Waals surface area contributed by atoms with Crippen LogP contribution >= 0.6 is 11.8 Å². The molecule has 0 aromatic heterocycles. The number of anilines is 1. The maximum absolute atomic E-state index is 13.2. The second-order valence-electron chi connectivity index (χ2n) is 8.66. The van der Waals surface area contributed by atoms with Gasteiger partial charge in [0.2, 0.25) is 0 Å². The van der Waals surface area contributed by atoms with Crippen LogP contribution in [0.15, 0.2) is 52.4 Å². The number of likely N-dealkylation sites (N-methyl/N-ethyl adjacent to an activating group) is 1. The van der Waals surface area contributed by atoms with Crippen LogP contribution in [0.4, 0.5) is 11.4 Å². The van der Waals surface area contributed by atoms with Crippen molar-refractivity contribution in [3.63, 3.8) is 0 Å². The molecule has 180 valence electrons. The van der Waals surface area contributed by atoms with E-state index >= 15 is 0 Å². The van der Waals surface area contributed by atoms with Gasteiger partial charge in [-0.25, -0.2) is 4.99 Å². The summed E-state index contributed by atoms with van der Waals surface area (Å²) in [7, 11) is 1.62. The lowest BCUT2D eigenvalue weighted by Crippen LogP contribution is -2.29. The Morgan fingerprint density at radius 3 is 2.47 bits per heavy atom. The third-order valence-electron chi connectivity index (χ3n) is 5.87. The Kier molecular flexibility index (Phi) is 7.83. The minimum atomic E-state index is -0.0468. The molecule has 2 aliphatic heterocycles. The van der Waals surface area contributed by atoms with Crippen LogP contribution in [-0.4, -0.2) is 48.8 Å². The highest BCUT2D eigenvalue weighted by molar-refractivity contribution is 8.18. The Bertz CT molecular complexity index is 1070. The van der Waals surface area contributed by atoms with Crippen LogP contribution in [0.1, 0.15) is 45.6 Å². The van der Waals surface area contributed by atoms with E-state index < -0.39 is 0 Å². The quantitative estimate of drug-likeness (QED) is 0.449. The molecule has 0 bridgehead atoms. The number of thioether (sulfide) groups is 1. The molecule has 2 saturated heterocycles. The van der Waals surface area contributed by atoms with E-state index in [9.17, 15) is 4.79 Å². The third kappa shape index (κ3) is 5.41. The van der Waals surface area contributed by atoms with Gasteiger partial charge in [0.25, 0.3) is 5.91 Å². The number of ether oxygens (including phenoxy) is 2. The molecule has 2 aromatic carbocycles. The van der Waals surface area contributed by atoms with Gasteiger partial charge in [-0.1, -0.05) is 12.1 Å². The zero-order valence-electron chi connectivity index (χ0n) is 20.4. The van der Waals surface area contributed by atoms with Gasteiger partial charge in [-0.3, -0.25) is 9.69 Å². The van der Waals surface area contributed by atoms with Gasteiger partial charge in [0.15, 0.2) is 16.7 Å². The molecule has 1 amide bonds. The topological polar surface area (TPSA) is 54.4 Å². The van der Waals surface area contributed by atoms with Crippen LogP contribution < -0.4 is 14.4 Å². The maximum atomic E-state index is 13.2. The monoisotopic (exact) mass is 479 g/mol. The number of carbonyl (C=O) groups is 1. The van der Waals surface area contributed by atoms with Crippen LogP contribution in [0.3, 0.4) is 0 Å². The molecule has 0 N–H and O–H groups in total. The molecule has 0 radical (unpaired) electrons. The molecular weight excluding hydrogens is 446 g/mol. The van der Waals surface area contributed by atoms with Crippen molar-refractivity contribution in [2.75, 3.05) is 31.6 Å². The van der Waals surface area contributed by atoms with Gasteiger partial charge in [0.05, 0.1) is 23.8 Å². The predicted molar refractivity (Wildman–Crippen MR) is 141 cm³/mol. The molecule has 7 heteroatoms. The first kappa shape index (κ1) is 24.2. The Hall–Kier alpha value is -2.93. The molecule has 0 atom stereocenters. The van der Waals surface area contributed by atoms with Gasteiger partial charge in [0.1, 0.15) is 0 Å². The average molecular weight is 480 g/mol. The standard InChI is InChI=1S/C27H33N3O3S/c1-5-30-26(31)24(18-20-10-9-11-23(32-4)25(20)33-19(2)3)34-27(30)28-21-12-14-22(15-13-21)29-16-7-6-8-17-29/h9-15,18-19H,5-8,16-17H2,1-4H3/b24-18+,28-27?. The summed E-state index contributed by atoms with van der Waals surface area (Å²) < 4.78 is 11.5. The minimum Gasteiger partial charge on any atom is -0.493 e. The molecule has 6 nitrogen and oxygen atoms in total. The first-order chi connectivity index (χ1) is 16.5. The van der Waals surface area contributed by atoms with E-state index in [2.05, 4.69) is 17.0 Å². The van der Waals surface area contributed by atoms with E-state index in [4.69, 9.17) is 14.5 Å². The fourth-order valence-electron chi connectivity index (χ4n) is 4.18. The normalized spacial score (nSPS) is 18.9. The van der Waals surface area contributed by atoms with Gasteiger partial charge in [-0.2, -0.15) is 0 Å². The lowest BCUT2D eigenvalue weighted by Gasteiger charge is -2.28. The number of amides is 1. The fraction of sp³-hybridized carbons (Fsp3) is 0.407. The Balaban J connectivity index is 1.60. The molecule has 2 aromatic rings. The maximum Gasteiger partial charge on any atom is 0.266 e. The van der Waals surface area contributed by atoms with Crippen molar-refractivity contribution in [2.24, 2.45) is 4.99 Å². The summed E-state index contributed by atoms with van der Waals surface area (Å²) in [6.07, 6.45) is 5.67. The summed E-state index contributed by atoms with van der Waals surface area (Å²) in [4.78, 5) is 22.7. The number of hydrogen-bond acceptors (Lipinski definition) is 6. The van der Waals surface area contributed by atoms with Crippen LogP contribution in [-0.2, 0) is 4.79 Å². The number of nitrogens with zero attached hydrogens (tertiary/aromatic N) is 3. The van der Waals surface area contributed by atoms with Crippen molar-refractivity contribution in [3.8, 4) is 11.5 Å². The van der Waals surface area contributed by atoms with Crippen LogP contribution in [0.5, 0.6) is 11.5 Å². The molecular formula is C27H33N3O3S. The smallest absolute Gasteiger partial charge is 0.266 e. The van der Waals surface area contributed by atoms with E-state index in [1.807, 2.05) is 57.2 Å². The number of carbonyl (C=O) groups excluding carboxylic acids is 1. The largest absolute Gasteiger partial charge is 0.493 e. The van der Waals surface area contributed by atoms with Crippen LogP contribution in [0, 0.1) is 0 Å². The Morgan fingerprint density at radius 2 is 1.82 bits per heavy atom. The van der Waals surface area contributed by atoms with Crippen LogP contribution in [0.2, 0.25) is 0 Å². The number of methoxy groups -OCH3 is 1. The van der Waals surface area contributed by atoms with Crippen molar-refractivity contribution in [2.45, 2.75) is 46.1 Å². The predicted octanol–water partition coefficient (Wildman–Crippen LogP) is 6.10. The lowest BCUT2D eigenvalue weighted by atomic mass is 10.1. The lowest BCUT2D eigenvalue weighted by molar-refractivity contribution is -0.122. The molecule has 2 aliphatic rings. The van der Waals surface area contributed by atoms with Crippen LogP contribution in [0.25, 0.3) is 6.08 Å². The van der Waals surface area contributed by atoms with E-state index in [0.29, 0.717) is 28.1 Å². The van der Waals surface area contributed by atoms with Gasteiger partial charge >= 0.3 is 0 Å². The zero-order valence-corrected chi connectivity index (χ0v) is 21.2. The Morgan fingerprint density at radius 1 is 1.09 bits per heavy atom. The first-order valence-corrected chi connectivity index (χ1v) is 12.8. The molecule has 0 unspecified atom stereocenters. The zero-order chi connectivity index (χ0) is 24.1. The molecule has 0 aliphatic carbocycles. The number of hydrogen-bond donors (Lipinski definition) is 0. The van der Waals surface area contributed by atoms with E-state index in [1.165, 1.54) is 36.7 Å². The third-order valence-corrected chi connectivity index (χ3v) is 6.88. The number of rotatable bonds is 7. The van der Waals surface area contributed by atoms with Gasteiger partial charge < -0.3 is 14.4 Å². The van der Waals surface area contributed by atoms with Crippen molar-refractivity contribution < 1.29 is 14.3 Å². The van der Waals surface area contributed by atoms with Crippen molar-refractivity contribution in [1.29, 1.82) is 0 Å². The van der Waals surface area contributed by atoms with E-state index in [1.54, 1.807) is 12.0 Å². The van der Waals surface area contributed by atoms with E-state index in [-0.39, 0.29) is 12.0 Å². The second-order valence-corrected chi connectivity index (χ2v) is 9.67. The SMILES string of the molecule is CCN1C(=O)/C(=C\c2cccc(OC)c2OC(C)C)SC1=Nc1ccc(N2CCCCC2)cc1. The highest BCUT2D eigenvalue weighted by Crippen LogP contribution is 2.38. The first-order valence-electron chi connectivity index (χ1n) is 12.0. The molecule has 4 rings (SSSR count). The summed E-state index contributed by atoms with van der Waals surface area (Å²) in [5.74, 6) is 1.24. The fourth-order valence-corrected chi connectivity index (χ4v) is 5.23. The van der Waals surface area contributed by atoms with Gasteiger partial charge in [-0.05, 0) is 88.2 Å².